The smallest absolute Gasteiger partial charge is 0.260 e. The van der Waals surface area contributed by atoms with Crippen LogP contribution in [0.15, 0.2) is 36.8 Å². The molecule has 0 saturated heterocycles. The highest BCUT2D eigenvalue weighted by Gasteiger charge is 2.31. The van der Waals surface area contributed by atoms with Gasteiger partial charge in [0.1, 0.15) is 0 Å². The maximum absolute atomic E-state index is 12.8. The number of nitrogens with zero attached hydrogens (tertiary/aromatic N) is 6. The van der Waals surface area contributed by atoms with Crippen molar-refractivity contribution >= 4 is 11.6 Å². The quantitative estimate of drug-likeness (QED) is 0.654. The first kappa shape index (κ1) is 19.4. The second kappa shape index (κ2) is 7.81. The van der Waals surface area contributed by atoms with Crippen LogP contribution in [0.4, 0.5) is 5.69 Å². The lowest BCUT2D eigenvalue weighted by Crippen LogP contribution is -2.22. The number of rotatable bonds is 6. The van der Waals surface area contributed by atoms with Crippen LogP contribution in [0.2, 0.25) is 0 Å². The van der Waals surface area contributed by atoms with Crippen molar-refractivity contribution in [2.45, 2.75) is 12.6 Å². The zero-order valence-corrected chi connectivity index (χ0v) is 16.3. The molecule has 1 atom stereocenters. The molecular weight excluding hydrogens is 388 g/mol. The van der Waals surface area contributed by atoms with E-state index in [2.05, 4.69) is 15.1 Å². The summed E-state index contributed by atoms with van der Waals surface area (Å²) in [6.45, 7) is -0.0964. The van der Waals surface area contributed by atoms with Gasteiger partial charge in [-0.1, -0.05) is 0 Å². The van der Waals surface area contributed by atoms with E-state index in [0.717, 1.165) is 5.56 Å². The Morgan fingerprint density at radius 3 is 2.83 bits per heavy atom. The van der Waals surface area contributed by atoms with Gasteiger partial charge in [-0.15, -0.1) is 0 Å². The maximum atomic E-state index is 12.8. The van der Waals surface area contributed by atoms with Gasteiger partial charge in [-0.3, -0.25) is 19.4 Å². The van der Waals surface area contributed by atoms with E-state index in [0.29, 0.717) is 34.3 Å². The monoisotopic (exact) mass is 406 g/mol. The molecule has 0 fully saturated rings. The fraction of sp³-hybridized carbons (Fsp3) is 0.250. The Bertz CT molecular complexity index is 1150. The number of aliphatic hydroxyl groups is 1. The molecule has 4 heterocycles. The number of anilines is 1. The molecule has 3 aromatic heterocycles. The molecule has 30 heavy (non-hydrogen) atoms. The first-order valence-electron chi connectivity index (χ1n) is 9.04. The Morgan fingerprint density at radius 1 is 1.30 bits per heavy atom. The molecule has 3 aromatic rings. The summed E-state index contributed by atoms with van der Waals surface area (Å²) in [4.78, 5) is 23.2. The molecule has 10 nitrogen and oxygen atoms in total. The van der Waals surface area contributed by atoms with Crippen LogP contribution in [0.3, 0.4) is 0 Å². The number of nitriles is 1. The Morgan fingerprint density at radius 2 is 2.13 bits per heavy atom. The minimum absolute atomic E-state index is 0.202. The van der Waals surface area contributed by atoms with E-state index in [1.54, 1.807) is 30.6 Å². The van der Waals surface area contributed by atoms with Crippen LogP contribution in [-0.2, 0) is 6.54 Å². The molecule has 0 bridgehead atoms. The second-order valence-corrected chi connectivity index (χ2v) is 6.52. The Balaban J connectivity index is 1.63. The molecule has 1 aliphatic heterocycles. The van der Waals surface area contributed by atoms with Crippen molar-refractivity contribution in [3.05, 3.63) is 48.0 Å². The topological polar surface area (TPSA) is 126 Å². The predicted octanol–water partition coefficient (Wildman–Crippen LogP) is 1.57. The number of carbonyl (C=O) groups excluding carboxylic acids is 1. The summed E-state index contributed by atoms with van der Waals surface area (Å²) in [6.07, 6.45) is 4.68. The Hall–Kier alpha value is -3.97. The first-order chi connectivity index (χ1) is 14.6. The molecule has 0 spiro atoms. The third-order valence-corrected chi connectivity index (χ3v) is 4.83. The predicted molar refractivity (Wildman–Crippen MR) is 105 cm³/mol. The van der Waals surface area contributed by atoms with Crippen LogP contribution in [0.25, 0.3) is 11.3 Å². The third-order valence-electron chi connectivity index (χ3n) is 4.83. The van der Waals surface area contributed by atoms with Crippen LogP contribution < -0.4 is 14.4 Å². The number of ether oxygens (including phenoxy) is 2. The molecule has 4 rings (SSSR count). The van der Waals surface area contributed by atoms with Gasteiger partial charge in [0.05, 0.1) is 68.5 Å². The number of fused-ring (bicyclic) bond motifs is 1. The van der Waals surface area contributed by atoms with E-state index in [4.69, 9.17) is 14.7 Å². The average molecular weight is 406 g/mol. The van der Waals surface area contributed by atoms with E-state index in [9.17, 15) is 9.90 Å². The van der Waals surface area contributed by atoms with Gasteiger partial charge in [0.15, 0.2) is 11.8 Å². The van der Waals surface area contributed by atoms with Crippen LogP contribution in [0.5, 0.6) is 11.6 Å². The number of aromatic nitrogens is 4. The minimum atomic E-state index is -0.805. The van der Waals surface area contributed by atoms with Gasteiger partial charge in [-0.25, -0.2) is 4.98 Å². The third kappa shape index (κ3) is 3.21. The summed E-state index contributed by atoms with van der Waals surface area (Å²) < 4.78 is 11.8. The molecule has 0 aromatic carbocycles. The van der Waals surface area contributed by atoms with Crippen molar-refractivity contribution in [2.75, 3.05) is 25.7 Å². The number of hydrogen-bond acceptors (Lipinski definition) is 8. The lowest BCUT2D eigenvalue weighted by atomic mass is 10.1. The minimum Gasteiger partial charge on any atom is -0.491 e. The molecule has 0 aliphatic carbocycles. The number of pyridine rings is 2. The van der Waals surface area contributed by atoms with Crippen molar-refractivity contribution in [3.63, 3.8) is 0 Å². The van der Waals surface area contributed by atoms with Crippen LogP contribution >= 0.6 is 0 Å². The second-order valence-electron chi connectivity index (χ2n) is 6.52. The van der Waals surface area contributed by atoms with Crippen LogP contribution in [0, 0.1) is 11.3 Å². The van der Waals surface area contributed by atoms with Gasteiger partial charge in [0.2, 0.25) is 0 Å². The van der Waals surface area contributed by atoms with Gasteiger partial charge >= 0.3 is 0 Å². The maximum Gasteiger partial charge on any atom is 0.260 e. The summed E-state index contributed by atoms with van der Waals surface area (Å²) in [5, 5.41) is 22.4. The molecular formula is C20H18N6O4. The number of carbonyl (C=O) groups is 1. The van der Waals surface area contributed by atoms with E-state index >= 15 is 0 Å². The normalized spacial score (nSPS) is 13.7. The highest BCUT2D eigenvalue weighted by molar-refractivity contribution is 6.09. The molecule has 152 valence electrons. The van der Waals surface area contributed by atoms with Crippen molar-refractivity contribution in [2.24, 2.45) is 0 Å². The Labute approximate surface area is 171 Å². The van der Waals surface area contributed by atoms with Gasteiger partial charge in [0.25, 0.3) is 11.8 Å². The summed E-state index contributed by atoms with van der Waals surface area (Å²) in [7, 11) is 3.05. The summed E-state index contributed by atoms with van der Waals surface area (Å²) >= 11 is 0. The molecule has 1 unspecified atom stereocenters. The zero-order valence-electron chi connectivity index (χ0n) is 16.3. The largest absolute Gasteiger partial charge is 0.491 e. The van der Waals surface area contributed by atoms with Crippen molar-refractivity contribution in [1.29, 1.82) is 5.26 Å². The van der Waals surface area contributed by atoms with Gasteiger partial charge in [-0.05, 0) is 18.2 Å². The van der Waals surface area contributed by atoms with Crippen LogP contribution in [-0.4, -0.2) is 51.6 Å². The van der Waals surface area contributed by atoms with Gasteiger partial charge < -0.3 is 14.6 Å². The molecule has 0 saturated carbocycles. The lowest BCUT2D eigenvalue weighted by Gasteiger charge is -2.12. The number of aliphatic hydroxyl groups excluding tert-OH is 1. The zero-order chi connectivity index (χ0) is 21.3. The van der Waals surface area contributed by atoms with Crippen LogP contribution in [0.1, 0.15) is 22.1 Å². The number of amides is 1. The SMILES string of the molecule is COc1cc(-c2ccc3c(n2)CN(c2cnn(C(C#N)CO)c2)C3=O)cnc1OC. The Kier molecular flexibility index (Phi) is 5.04. The summed E-state index contributed by atoms with van der Waals surface area (Å²) in [5.74, 6) is 0.657. The van der Waals surface area contributed by atoms with Crippen molar-refractivity contribution in [3.8, 4) is 29.0 Å². The number of hydrogen-bond donors (Lipinski definition) is 1. The first-order valence-corrected chi connectivity index (χ1v) is 9.04. The lowest BCUT2D eigenvalue weighted by molar-refractivity contribution is 0.0996. The molecule has 1 amide bonds. The van der Waals surface area contributed by atoms with Crippen molar-refractivity contribution < 1.29 is 19.4 Å². The fourth-order valence-electron chi connectivity index (χ4n) is 3.25. The van der Waals surface area contributed by atoms with Crippen molar-refractivity contribution in [1.82, 2.24) is 19.7 Å². The van der Waals surface area contributed by atoms with Gasteiger partial charge in [0, 0.05) is 11.8 Å². The highest BCUT2D eigenvalue weighted by atomic mass is 16.5. The molecule has 10 heteroatoms. The van der Waals surface area contributed by atoms with E-state index in [1.165, 1.54) is 30.0 Å². The summed E-state index contributed by atoms with van der Waals surface area (Å²) in [5.41, 5.74) is 3.03. The average Bonchev–Trinajstić information content (AvgIpc) is 3.38. The van der Waals surface area contributed by atoms with E-state index < -0.39 is 6.04 Å². The molecule has 1 aliphatic rings. The number of methoxy groups -OCH3 is 2. The fourth-order valence-corrected chi connectivity index (χ4v) is 3.25. The van der Waals surface area contributed by atoms with Gasteiger partial charge in [-0.2, -0.15) is 10.4 Å². The highest BCUT2D eigenvalue weighted by Crippen LogP contribution is 2.32. The molecule has 0 radical (unpaired) electrons. The van der Waals surface area contributed by atoms with E-state index in [-0.39, 0.29) is 19.1 Å². The summed E-state index contributed by atoms with van der Waals surface area (Å²) in [6, 6.07) is 6.41. The molecule has 1 N–H and O–H groups in total. The standard InChI is InChI=1S/C20H18N6O4/c1-29-18-5-12(7-22-19(18)30-2)16-4-3-15-17(24-16)10-25(20(15)28)14-8-23-26(9-14)13(6-21)11-27/h3-5,7-9,13,27H,10-11H2,1-2H3. The van der Waals surface area contributed by atoms with E-state index in [1.807, 2.05) is 6.07 Å².